The molecular formula is C6H11NO3. The quantitative estimate of drug-likeness (QED) is 0.530. The summed E-state index contributed by atoms with van der Waals surface area (Å²) in [6.45, 7) is 3.04. The second-order valence-electron chi connectivity index (χ2n) is 2.59. The number of hydrogen-bond acceptors (Lipinski definition) is 3. The molecule has 2 N–H and O–H groups in total. The van der Waals surface area contributed by atoms with Gasteiger partial charge in [-0.05, 0) is 13.8 Å². The van der Waals surface area contributed by atoms with Crippen molar-refractivity contribution < 1.29 is 14.7 Å². The molecule has 0 aliphatic carbocycles. The van der Waals surface area contributed by atoms with Crippen LogP contribution in [0.25, 0.3) is 0 Å². The van der Waals surface area contributed by atoms with Gasteiger partial charge in [0.15, 0.2) is 0 Å². The number of carboxylic acids is 1. The zero-order valence-corrected chi connectivity index (χ0v) is 6.05. The molecule has 0 unspecified atom stereocenters. The minimum Gasteiger partial charge on any atom is -0.480 e. The Labute approximate surface area is 59.2 Å². The Kier molecular flexibility index (Phi) is 3.02. The summed E-state index contributed by atoms with van der Waals surface area (Å²) < 4.78 is 0. The third-order valence-electron chi connectivity index (χ3n) is 0.990. The molecule has 0 aromatic carbocycles. The molecule has 0 heterocycles. The van der Waals surface area contributed by atoms with Gasteiger partial charge in [0, 0.05) is 0 Å². The standard InChI is InChI=1S/C6H11NO3/c1-6(2,4-8)7-3-5(9)10/h4,7H,3H2,1-2H3,(H,9,10). The zero-order chi connectivity index (χ0) is 8.20. The Morgan fingerprint density at radius 1 is 1.70 bits per heavy atom. The van der Waals surface area contributed by atoms with Crippen molar-refractivity contribution in [3.63, 3.8) is 0 Å². The highest BCUT2D eigenvalue weighted by Gasteiger charge is 2.15. The van der Waals surface area contributed by atoms with Crippen molar-refractivity contribution in [2.45, 2.75) is 19.4 Å². The first-order valence-corrected chi connectivity index (χ1v) is 2.91. The monoisotopic (exact) mass is 145 g/mol. The molecule has 0 aromatic rings. The second kappa shape index (κ2) is 3.31. The molecule has 0 saturated carbocycles. The number of rotatable bonds is 4. The van der Waals surface area contributed by atoms with Crippen LogP contribution in [0, 0.1) is 0 Å². The van der Waals surface area contributed by atoms with E-state index in [0.29, 0.717) is 6.29 Å². The van der Waals surface area contributed by atoms with Gasteiger partial charge < -0.3 is 9.90 Å². The first-order valence-electron chi connectivity index (χ1n) is 2.91. The number of carboxylic acid groups (broad SMARTS) is 1. The van der Waals surface area contributed by atoms with Crippen LogP contribution >= 0.6 is 0 Å². The number of aldehydes is 1. The van der Waals surface area contributed by atoms with Crippen LogP contribution in [0.5, 0.6) is 0 Å². The first-order chi connectivity index (χ1) is 4.48. The maximum Gasteiger partial charge on any atom is 0.317 e. The molecule has 0 aromatic heterocycles. The molecule has 10 heavy (non-hydrogen) atoms. The van der Waals surface area contributed by atoms with Crippen molar-refractivity contribution in [1.82, 2.24) is 5.32 Å². The van der Waals surface area contributed by atoms with E-state index in [1.54, 1.807) is 13.8 Å². The lowest BCUT2D eigenvalue weighted by atomic mass is 10.1. The van der Waals surface area contributed by atoms with Crippen LogP contribution in [0.15, 0.2) is 0 Å². The average molecular weight is 145 g/mol. The summed E-state index contributed by atoms with van der Waals surface area (Å²) in [5.41, 5.74) is -0.738. The van der Waals surface area contributed by atoms with Crippen molar-refractivity contribution in [1.29, 1.82) is 0 Å². The van der Waals surface area contributed by atoms with Gasteiger partial charge in [-0.15, -0.1) is 0 Å². The van der Waals surface area contributed by atoms with E-state index in [1.165, 1.54) is 0 Å². The fraction of sp³-hybridized carbons (Fsp3) is 0.667. The molecule has 0 fully saturated rings. The maximum absolute atomic E-state index is 10.2. The van der Waals surface area contributed by atoms with E-state index in [1.807, 2.05) is 0 Å². The lowest BCUT2D eigenvalue weighted by Crippen LogP contribution is -2.43. The van der Waals surface area contributed by atoms with Crippen molar-refractivity contribution in [2.75, 3.05) is 6.54 Å². The zero-order valence-electron chi connectivity index (χ0n) is 6.05. The van der Waals surface area contributed by atoms with E-state index in [-0.39, 0.29) is 6.54 Å². The molecule has 0 radical (unpaired) electrons. The van der Waals surface area contributed by atoms with Crippen LogP contribution in [0.2, 0.25) is 0 Å². The van der Waals surface area contributed by atoms with Crippen LogP contribution in [-0.4, -0.2) is 29.4 Å². The molecule has 0 saturated heterocycles. The minimum absolute atomic E-state index is 0.189. The number of nitrogens with one attached hydrogen (secondary N) is 1. The third kappa shape index (κ3) is 4.03. The molecule has 0 bridgehead atoms. The molecule has 0 aliphatic rings. The summed E-state index contributed by atoms with van der Waals surface area (Å²) >= 11 is 0. The highest BCUT2D eigenvalue weighted by Crippen LogP contribution is 1.94. The van der Waals surface area contributed by atoms with Gasteiger partial charge in [0.25, 0.3) is 0 Å². The van der Waals surface area contributed by atoms with E-state index in [4.69, 9.17) is 5.11 Å². The van der Waals surface area contributed by atoms with Crippen molar-refractivity contribution >= 4 is 12.3 Å². The van der Waals surface area contributed by atoms with E-state index < -0.39 is 11.5 Å². The summed E-state index contributed by atoms with van der Waals surface area (Å²) in [6, 6.07) is 0. The topological polar surface area (TPSA) is 66.4 Å². The van der Waals surface area contributed by atoms with Crippen LogP contribution in [0.3, 0.4) is 0 Å². The third-order valence-corrected chi connectivity index (χ3v) is 0.990. The Morgan fingerprint density at radius 3 is 2.50 bits per heavy atom. The van der Waals surface area contributed by atoms with Crippen LogP contribution < -0.4 is 5.32 Å². The van der Waals surface area contributed by atoms with Crippen LogP contribution in [0.4, 0.5) is 0 Å². The number of hydrogen-bond donors (Lipinski definition) is 2. The summed E-state index contributed by atoms with van der Waals surface area (Å²) in [5.74, 6) is -0.963. The molecule has 0 amide bonds. The van der Waals surface area contributed by atoms with Gasteiger partial charge >= 0.3 is 5.97 Å². The smallest absolute Gasteiger partial charge is 0.317 e. The van der Waals surface area contributed by atoms with Gasteiger partial charge in [-0.25, -0.2) is 0 Å². The SMILES string of the molecule is CC(C)(C=O)NCC(=O)O. The first kappa shape index (κ1) is 9.10. The molecule has 4 heteroatoms. The maximum atomic E-state index is 10.2. The fourth-order valence-electron chi connectivity index (χ4n) is 0.345. The lowest BCUT2D eigenvalue weighted by Gasteiger charge is -2.16. The lowest BCUT2D eigenvalue weighted by molar-refractivity contribution is -0.136. The predicted molar refractivity (Wildman–Crippen MR) is 35.8 cm³/mol. The van der Waals surface area contributed by atoms with Crippen LogP contribution in [0.1, 0.15) is 13.8 Å². The largest absolute Gasteiger partial charge is 0.480 e. The van der Waals surface area contributed by atoms with E-state index in [2.05, 4.69) is 5.32 Å². The van der Waals surface area contributed by atoms with E-state index in [0.717, 1.165) is 0 Å². The van der Waals surface area contributed by atoms with Gasteiger partial charge in [-0.1, -0.05) is 0 Å². The molecule has 4 nitrogen and oxygen atoms in total. The minimum atomic E-state index is -0.963. The number of carbonyl (C=O) groups excluding carboxylic acids is 1. The number of aliphatic carboxylic acids is 1. The predicted octanol–water partition coefficient (Wildman–Crippen LogP) is -0.362. The van der Waals surface area contributed by atoms with Crippen molar-refractivity contribution in [2.24, 2.45) is 0 Å². The van der Waals surface area contributed by atoms with Crippen molar-refractivity contribution in [3.8, 4) is 0 Å². The Hall–Kier alpha value is -0.900. The Morgan fingerprint density at radius 2 is 2.20 bits per heavy atom. The highest BCUT2D eigenvalue weighted by molar-refractivity contribution is 5.71. The normalized spacial score (nSPS) is 11.0. The average Bonchev–Trinajstić information content (AvgIpc) is 1.85. The Bertz CT molecular complexity index is 142. The van der Waals surface area contributed by atoms with E-state index in [9.17, 15) is 9.59 Å². The van der Waals surface area contributed by atoms with Gasteiger partial charge in [-0.2, -0.15) is 0 Å². The van der Waals surface area contributed by atoms with Crippen LogP contribution in [-0.2, 0) is 9.59 Å². The van der Waals surface area contributed by atoms with Gasteiger partial charge in [-0.3, -0.25) is 10.1 Å². The summed E-state index contributed by atoms with van der Waals surface area (Å²) in [5, 5.41) is 10.7. The molecule has 0 rings (SSSR count). The summed E-state index contributed by atoms with van der Waals surface area (Å²) in [6.07, 6.45) is 0.677. The molecule has 58 valence electrons. The van der Waals surface area contributed by atoms with Gasteiger partial charge in [0.1, 0.15) is 6.29 Å². The van der Waals surface area contributed by atoms with E-state index >= 15 is 0 Å². The summed E-state index contributed by atoms with van der Waals surface area (Å²) in [4.78, 5) is 20.2. The second-order valence-corrected chi connectivity index (χ2v) is 2.59. The molecule has 0 spiro atoms. The highest BCUT2D eigenvalue weighted by atomic mass is 16.4. The van der Waals surface area contributed by atoms with Gasteiger partial charge in [0.2, 0.25) is 0 Å². The molecule has 0 aliphatic heterocycles. The Balaban J connectivity index is 3.67. The van der Waals surface area contributed by atoms with Crippen molar-refractivity contribution in [3.05, 3.63) is 0 Å². The fourth-order valence-corrected chi connectivity index (χ4v) is 0.345. The summed E-state index contributed by atoms with van der Waals surface area (Å²) in [7, 11) is 0. The molecule has 0 atom stereocenters. The van der Waals surface area contributed by atoms with Gasteiger partial charge in [0.05, 0.1) is 12.1 Å². The number of carbonyl (C=O) groups is 2. The molecular weight excluding hydrogens is 134 g/mol.